The number of carbonyl (C=O) groups excluding carboxylic acids is 2. The van der Waals surface area contributed by atoms with E-state index in [1.807, 2.05) is 42.5 Å². The van der Waals surface area contributed by atoms with Crippen LogP contribution in [0.2, 0.25) is 0 Å². The van der Waals surface area contributed by atoms with Crippen LogP contribution >= 0.6 is 0 Å². The molecule has 1 aliphatic carbocycles. The van der Waals surface area contributed by atoms with Crippen LogP contribution in [-0.4, -0.2) is 11.6 Å². The van der Waals surface area contributed by atoms with Crippen molar-refractivity contribution in [2.45, 2.75) is 0 Å². The summed E-state index contributed by atoms with van der Waals surface area (Å²) < 4.78 is 0. The average molecular weight is 308 g/mol. The van der Waals surface area contributed by atoms with Crippen LogP contribution in [0.3, 0.4) is 0 Å². The molecule has 0 bridgehead atoms. The fourth-order valence-corrected chi connectivity index (χ4v) is 3.63. The first-order valence-electron chi connectivity index (χ1n) is 7.88. The summed E-state index contributed by atoms with van der Waals surface area (Å²) in [5.74, 6) is -0.837. The Morgan fingerprint density at radius 1 is 0.458 bits per heavy atom. The van der Waals surface area contributed by atoms with Gasteiger partial charge in [-0.1, -0.05) is 60.7 Å². The van der Waals surface area contributed by atoms with Crippen LogP contribution in [-0.2, 0) is 0 Å². The van der Waals surface area contributed by atoms with E-state index in [0.29, 0.717) is 11.1 Å². The molecule has 0 atom stereocenters. The Bertz CT molecular complexity index is 1190. The third kappa shape index (κ3) is 1.65. The highest BCUT2D eigenvalue weighted by molar-refractivity contribution is 6.53. The fraction of sp³-hybridized carbons (Fsp3) is 0. The maximum atomic E-state index is 12.6. The summed E-state index contributed by atoms with van der Waals surface area (Å²) in [5, 5.41) is 4.30. The third-order valence-electron chi connectivity index (χ3n) is 4.80. The number of Topliss-reactive ketones (excluding diaryl/α,β-unsaturated/α-hetero) is 2. The topological polar surface area (TPSA) is 34.1 Å². The van der Waals surface area contributed by atoms with E-state index in [1.165, 1.54) is 0 Å². The molecule has 0 N–H and O–H groups in total. The van der Waals surface area contributed by atoms with Crippen molar-refractivity contribution in [1.82, 2.24) is 0 Å². The minimum Gasteiger partial charge on any atom is -0.285 e. The summed E-state index contributed by atoms with van der Waals surface area (Å²) in [6, 6.07) is 23.5. The van der Waals surface area contributed by atoms with Crippen molar-refractivity contribution < 1.29 is 9.59 Å². The van der Waals surface area contributed by atoms with Gasteiger partial charge in [-0.2, -0.15) is 0 Å². The zero-order chi connectivity index (χ0) is 16.3. The molecule has 0 amide bonds. The number of benzene rings is 4. The van der Waals surface area contributed by atoms with Crippen LogP contribution in [0.15, 0.2) is 72.8 Å². The SMILES string of the molecule is O=C1C(=O)c2cc3c(ccc4ccccc43)cc2-c2ccccc21. The summed E-state index contributed by atoms with van der Waals surface area (Å²) >= 11 is 0. The zero-order valence-electron chi connectivity index (χ0n) is 12.7. The molecule has 0 aliphatic heterocycles. The van der Waals surface area contributed by atoms with Gasteiger partial charge in [0.05, 0.1) is 0 Å². The molecule has 0 aromatic heterocycles. The molecule has 2 nitrogen and oxygen atoms in total. The highest BCUT2D eigenvalue weighted by Gasteiger charge is 2.30. The smallest absolute Gasteiger partial charge is 0.234 e. The maximum absolute atomic E-state index is 12.6. The summed E-state index contributed by atoms with van der Waals surface area (Å²) in [5.41, 5.74) is 2.68. The van der Waals surface area contributed by atoms with Crippen LogP contribution in [0.25, 0.3) is 32.7 Å². The van der Waals surface area contributed by atoms with Crippen LogP contribution in [0.5, 0.6) is 0 Å². The molecule has 0 spiro atoms. The van der Waals surface area contributed by atoms with Crippen LogP contribution in [0.1, 0.15) is 20.7 Å². The lowest BCUT2D eigenvalue weighted by Crippen LogP contribution is -2.21. The Labute approximate surface area is 138 Å². The molecule has 0 unspecified atom stereocenters. The minimum absolute atomic E-state index is 0.418. The highest BCUT2D eigenvalue weighted by atomic mass is 16.2. The van der Waals surface area contributed by atoms with Crippen molar-refractivity contribution in [2.75, 3.05) is 0 Å². The van der Waals surface area contributed by atoms with E-state index in [0.717, 1.165) is 32.7 Å². The van der Waals surface area contributed by atoms with E-state index >= 15 is 0 Å². The number of ketones is 2. The second-order valence-electron chi connectivity index (χ2n) is 6.11. The van der Waals surface area contributed by atoms with Gasteiger partial charge in [0.25, 0.3) is 0 Å². The first-order valence-corrected chi connectivity index (χ1v) is 7.88. The highest BCUT2D eigenvalue weighted by Crippen LogP contribution is 2.37. The van der Waals surface area contributed by atoms with Gasteiger partial charge in [-0.15, -0.1) is 0 Å². The molecule has 112 valence electrons. The average Bonchev–Trinajstić information content (AvgIpc) is 2.65. The van der Waals surface area contributed by atoms with Crippen LogP contribution < -0.4 is 0 Å². The molecule has 0 saturated carbocycles. The molecule has 0 heterocycles. The molecule has 0 radical (unpaired) electrons. The molecule has 4 aromatic rings. The Morgan fingerprint density at radius 3 is 2.00 bits per heavy atom. The Morgan fingerprint density at radius 2 is 1.12 bits per heavy atom. The first-order chi connectivity index (χ1) is 11.7. The second kappa shape index (κ2) is 4.62. The van der Waals surface area contributed by atoms with Crippen molar-refractivity contribution in [3.63, 3.8) is 0 Å². The van der Waals surface area contributed by atoms with Crippen molar-refractivity contribution in [1.29, 1.82) is 0 Å². The van der Waals surface area contributed by atoms with E-state index in [9.17, 15) is 9.59 Å². The van der Waals surface area contributed by atoms with Crippen molar-refractivity contribution in [3.05, 3.63) is 83.9 Å². The first kappa shape index (κ1) is 13.2. The van der Waals surface area contributed by atoms with E-state index in [-0.39, 0.29) is 0 Å². The predicted octanol–water partition coefficient (Wildman–Crippen LogP) is 5.04. The summed E-state index contributed by atoms with van der Waals surface area (Å²) in [7, 11) is 0. The van der Waals surface area contributed by atoms with Gasteiger partial charge in [0.1, 0.15) is 0 Å². The molecule has 1 aliphatic rings. The van der Waals surface area contributed by atoms with Crippen LogP contribution in [0.4, 0.5) is 0 Å². The largest absolute Gasteiger partial charge is 0.285 e. The standard InChI is InChI=1S/C22H12O2/c23-21-17-8-4-3-7-16(17)19-11-14-10-9-13-5-1-2-6-15(13)18(14)12-20(19)22(21)24/h1-12H. The quantitative estimate of drug-likeness (QED) is 0.337. The number of carbonyl (C=O) groups is 2. The molecule has 2 heteroatoms. The van der Waals surface area contributed by atoms with Gasteiger partial charge in [0, 0.05) is 11.1 Å². The lowest BCUT2D eigenvalue weighted by atomic mass is 9.82. The Balaban J connectivity index is 1.94. The van der Waals surface area contributed by atoms with Gasteiger partial charge >= 0.3 is 0 Å². The molecule has 5 rings (SSSR count). The summed E-state index contributed by atoms with van der Waals surface area (Å²) in [6.07, 6.45) is 0. The number of rotatable bonds is 0. The molecule has 0 saturated heterocycles. The molecular weight excluding hydrogens is 296 g/mol. The second-order valence-corrected chi connectivity index (χ2v) is 6.11. The van der Waals surface area contributed by atoms with E-state index < -0.39 is 11.6 Å². The van der Waals surface area contributed by atoms with Crippen molar-refractivity contribution in [2.24, 2.45) is 0 Å². The van der Waals surface area contributed by atoms with Gasteiger partial charge in [-0.05, 0) is 44.8 Å². The lowest BCUT2D eigenvalue weighted by Gasteiger charge is -2.19. The molecular formula is C22H12O2. The number of fused-ring (bicyclic) bond motifs is 6. The third-order valence-corrected chi connectivity index (χ3v) is 4.80. The Kier molecular flexibility index (Phi) is 2.54. The van der Waals surface area contributed by atoms with Crippen molar-refractivity contribution >= 4 is 33.1 Å². The maximum Gasteiger partial charge on any atom is 0.234 e. The van der Waals surface area contributed by atoms with Crippen molar-refractivity contribution in [3.8, 4) is 11.1 Å². The van der Waals surface area contributed by atoms with E-state index in [1.54, 1.807) is 12.1 Å². The predicted molar refractivity (Wildman–Crippen MR) is 95.6 cm³/mol. The van der Waals surface area contributed by atoms with E-state index in [4.69, 9.17) is 0 Å². The molecule has 0 fully saturated rings. The molecule has 4 aromatic carbocycles. The fourth-order valence-electron chi connectivity index (χ4n) is 3.63. The van der Waals surface area contributed by atoms with Crippen LogP contribution in [0, 0.1) is 0 Å². The summed E-state index contributed by atoms with van der Waals surface area (Å²) in [4.78, 5) is 25.0. The zero-order valence-corrected chi connectivity index (χ0v) is 12.7. The van der Waals surface area contributed by atoms with Gasteiger partial charge < -0.3 is 0 Å². The lowest BCUT2D eigenvalue weighted by molar-refractivity contribution is 0.0815. The van der Waals surface area contributed by atoms with Gasteiger partial charge in [0.2, 0.25) is 11.6 Å². The monoisotopic (exact) mass is 308 g/mol. The minimum atomic E-state index is -0.419. The summed E-state index contributed by atoms with van der Waals surface area (Å²) in [6.45, 7) is 0. The van der Waals surface area contributed by atoms with E-state index in [2.05, 4.69) is 18.2 Å². The molecule has 24 heavy (non-hydrogen) atoms. The van der Waals surface area contributed by atoms with Gasteiger partial charge in [0.15, 0.2) is 0 Å². The Hall–Kier alpha value is -3.26. The van der Waals surface area contributed by atoms with Gasteiger partial charge in [-0.25, -0.2) is 0 Å². The number of hydrogen-bond donors (Lipinski definition) is 0. The van der Waals surface area contributed by atoms with Gasteiger partial charge in [-0.3, -0.25) is 9.59 Å². The number of hydrogen-bond acceptors (Lipinski definition) is 2. The normalized spacial score (nSPS) is 13.2.